The maximum atomic E-state index is 12.7. The van der Waals surface area contributed by atoms with Crippen LogP contribution in [0, 0.1) is 6.92 Å². The fourth-order valence-electron chi connectivity index (χ4n) is 2.99. The molecule has 0 unspecified atom stereocenters. The van der Waals surface area contributed by atoms with Gasteiger partial charge in [-0.1, -0.05) is 29.4 Å². The zero-order valence-electron chi connectivity index (χ0n) is 15.0. The van der Waals surface area contributed by atoms with Crippen molar-refractivity contribution in [1.82, 2.24) is 19.7 Å². The van der Waals surface area contributed by atoms with Crippen LogP contribution in [0.4, 0.5) is 0 Å². The van der Waals surface area contributed by atoms with Gasteiger partial charge in [0, 0.05) is 0 Å². The van der Waals surface area contributed by atoms with Crippen molar-refractivity contribution < 1.29 is 9.26 Å². The zero-order chi connectivity index (χ0) is 18.8. The van der Waals surface area contributed by atoms with E-state index in [1.807, 2.05) is 42.5 Å². The molecule has 0 radical (unpaired) electrons. The van der Waals surface area contributed by atoms with E-state index in [4.69, 9.17) is 9.26 Å². The van der Waals surface area contributed by atoms with Crippen LogP contribution in [0.5, 0.6) is 5.75 Å². The Hall–Kier alpha value is -3.48. The summed E-state index contributed by atoms with van der Waals surface area (Å²) in [6, 6.07) is 15.0. The molecule has 7 nitrogen and oxygen atoms in total. The Morgan fingerprint density at radius 2 is 1.96 bits per heavy atom. The summed E-state index contributed by atoms with van der Waals surface area (Å²) in [4.78, 5) is 21.6. The highest BCUT2D eigenvalue weighted by Crippen LogP contribution is 2.16. The van der Waals surface area contributed by atoms with Gasteiger partial charge in [0.1, 0.15) is 11.6 Å². The van der Waals surface area contributed by atoms with E-state index in [1.165, 1.54) is 0 Å². The molecule has 27 heavy (non-hydrogen) atoms. The van der Waals surface area contributed by atoms with Crippen LogP contribution in [0.25, 0.3) is 10.9 Å². The van der Waals surface area contributed by atoms with Crippen LogP contribution in [0.2, 0.25) is 0 Å². The van der Waals surface area contributed by atoms with Gasteiger partial charge in [-0.2, -0.15) is 4.98 Å². The molecule has 4 aromatic rings. The molecule has 0 bridgehead atoms. The number of ether oxygens (including phenoxy) is 1. The Kier molecular flexibility index (Phi) is 4.42. The van der Waals surface area contributed by atoms with Gasteiger partial charge in [0.25, 0.3) is 5.56 Å². The molecule has 0 amide bonds. The molecule has 0 saturated heterocycles. The van der Waals surface area contributed by atoms with Gasteiger partial charge in [-0.3, -0.25) is 9.36 Å². The summed E-state index contributed by atoms with van der Waals surface area (Å²) in [7, 11) is 1.63. The minimum absolute atomic E-state index is 0.114. The second-order valence-electron chi connectivity index (χ2n) is 6.20. The first-order valence-electron chi connectivity index (χ1n) is 8.54. The van der Waals surface area contributed by atoms with Gasteiger partial charge in [-0.25, -0.2) is 4.98 Å². The summed E-state index contributed by atoms with van der Waals surface area (Å²) in [5, 5.41) is 4.58. The summed E-state index contributed by atoms with van der Waals surface area (Å²) >= 11 is 0. The van der Waals surface area contributed by atoms with E-state index >= 15 is 0 Å². The third-order valence-electron chi connectivity index (χ3n) is 4.35. The molecule has 136 valence electrons. The van der Waals surface area contributed by atoms with Crippen molar-refractivity contribution in [3.8, 4) is 5.75 Å². The summed E-state index contributed by atoms with van der Waals surface area (Å²) in [6.07, 6.45) is 0.494. The van der Waals surface area contributed by atoms with Gasteiger partial charge in [-0.05, 0) is 36.8 Å². The summed E-state index contributed by atoms with van der Waals surface area (Å²) in [6.45, 7) is 2.01. The molecule has 7 heteroatoms. The molecule has 0 aliphatic carbocycles. The Morgan fingerprint density at radius 3 is 2.81 bits per heavy atom. The maximum Gasteiger partial charge on any atom is 0.261 e. The first kappa shape index (κ1) is 17.0. The van der Waals surface area contributed by atoms with Gasteiger partial charge in [0.05, 0.1) is 31.0 Å². The number of hydrogen-bond donors (Lipinski definition) is 0. The van der Waals surface area contributed by atoms with E-state index in [2.05, 4.69) is 15.1 Å². The van der Waals surface area contributed by atoms with Crippen LogP contribution in [-0.4, -0.2) is 26.8 Å². The molecular weight excluding hydrogens is 344 g/mol. The van der Waals surface area contributed by atoms with Crippen LogP contribution >= 0.6 is 0 Å². The van der Waals surface area contributed by atoms with Gasteiger partial charge >= 0.3 is 0 Å². The lowest BCUT2D eigenvalue weighted by Gasteiger charge is -2.08. The van der Waals surface area contributed by atoms with Crippen molar-refractivity contribution in [2.24, 2.45) is 0 Å². The summed E-state index contributed by atoms with van der Waals surface area (Å²) < 4.78 is 12.1. The first-order chi connectivity index (χ1) is 13.1. The van der Waals surface area contributed by atoms with Crippen LogP contribution in [0.3, 0.4) is 0 Å². The van der Waals surface area contributed by atoms with E-state index in [1.54, 1.807) is 24.7 Å². The van der Waals surface area contributed by atoms with Gasteiger partial charge in [0.2, 0.25) is 5.89 Å². The predicted octanol–water partition coefficient (Wildman–Crippen LogP) is 2.74. The molecular formula is C20H18N4O3. The lowest BCUT2D eigenvalue weighted by Crippen LogP contribution is -2.24. The topological polar surface area (TPSA) is 83.0 Å². The van der Waals surface area contributed by atoms with Gasteiger partial charge in [-0.15, -0.1) is 0 Å². The van der Waals surface area contributed by atoms with Crippen molar-refractivity contribution in [2.75, 3.05) is 7.11 Å². The molecule has 2 aromatic carbocycles. The molecule has 0 aliphatic rings. The maximum absolute atomic E-state index is 12.7. The summed E-state index contributed by atoms with van der Waals surface area (Å²) in [5.41, 5.74) is 1.57. The molecule has 0 saturated carbocycles. The van der Waals surface area contributed by atoms with Crippen LogP contribution in [0.1, 0.15) is 23.1 Å². The van der Waals surface area contributed by atoms with Crippen LogP contribution in [0.15, 0.2) is 57.8 Å². The molecule has 2 aromatic heterocycles. The SMILES string of the molecule is COc1cccc(Cc2nc(Cn3c(C)nc4ccccc4c3=O)no2)c1. The van der Waals surface area contributed by atoms with Gasteiger partial charge < -0.3 is 9.26 Å². The third kappa shape index (κ3) is 3.44. The van der Waals surface area contributed by atoms with Crippen molar-refractivity contribution in [2.45, 2.75) is 19.9 Å². The van der Waals surface area contributed by atoms with E-state index in [-0.39, 0.29) is 12.1 Å². The molecule has 0 spiro atoms. The minimum atomic E-state index is -0.114. The number of para-hydroxylation sites is 1. The average Bonchev–Trinajstić information content (AvgIpc) is 3.12. The number of aromatic nitrogens is 4. The number of fused-ring (bicyclic) bond motifs is 1. The molecule has 0 aliphatic heterocycles. The number of aryl methyl sites for hydroxylation is 1. The van der Waals surface area contributed by atoms with E-state index in [9.17, 15) is 4.79 Å². The van der Waals surface area contributed by atoms with E-state index in [0.717, 1.165) is 11.3 Å². The summed E-state index contributed by atoms with van der Waals surface area (Å²) in [5.74, 6) is 2.31. The van der Waals surface area contributed by atoms with Crippen molar-refractivity contribution in [3.63, 3.8) is 0 Å². The highest BCUT2D eigenvalue weighted by molar-refractivity contribution is 5.77. The monoisotopic (exact) mass is 362 g/mol. The Balaban J connectivity index is 1.59. The largest absolute Gasteiger partial charge is 0.497 e. The quantitative estimate of drug-likeness (QED) is 0.543. The lowest BCUT2D eigenvalue weighted by atomic mass is 10.1. The Labute approximate surface area is 155 Å². The highest BCUT2D eigenvalue weighted by atomic mass is 16.5. The van der Waals surface area contributed by atoms with Crippen molar-refractivity contribution in [3.05, 3.63) is 82.0 Å². The molecule has 4 rings (SSSR count). The van der Waals surface area contributed by atoms with E-state index < -0.39 is 0 Å². The predicted molar refractivity (Wildman–Crippen MR) is 99.9 cm³/mol. The number of methoxy groups -OCH3 is 1. The number of rotatable bonds is 5. The first-order valence-corrected chi connectivity index (χ1v) is 8.54. The smallest absolute Gasteiger partial charge is 0.261 e. The van der Waals surface area contributed by atoms with Crippen molar-refractivity contribution >= 4 is 10.9 Å². The second kappa shape index (κ2) is 7.03. The molecule has 2 heterocycles. The second-order valence-corrected chi connectivity index (χ2v) is 6.20. The van der Waals surface area contributed by atoms with Gasteiger partial charge in [0.15, 0.2) is 5.82 Å². The average molecular weight is 362 g/mol. The molecule has 0 N–H and O–H groups in total. The standard InChI is InChI=1S/C20H18N4O3/c1-13-21-17-9-4-3-8-16(17)20(25)24(13)12-18-22-19(27-23-18)11-14-6-5-7-15(10-14)26-2/h3-10H,11-12H2,1-2H3. The zero-order valence-corrected chi connectivity index (χ0v) is 15.0. The highest BCUT2D eigenvalue weighted by Gasteiger charge is 2.13. The fraction of sp³-hybridized carbons (Fsp3) is 0.200. The minimum Gasteiger partial charge on any atom is -0.497 e. The van der Waals surface area contributed by atoms with Crippen molar-refractivity contribution in [1.29, 1.82) is 0 Å². The number of hydrogen-bond acceptors (Lipinski definition) is 6. The van der Waals surface area contributed by atoms with E-state index in [0.29, 0.717) is 34.9 Å². The Morgan fingerprint density at radius 1 is 1.11 bits per heavy atom. The van der Waals surface area contributed by atoms with Crippen LogP contribution in [-0.2, 0) is 13.0 Å². The normalized spacial score (nSPS) is 11.0. The Bertz CT molecular complexity index is 1160. The molecule has 0 atom stereocenters. The number of benzene rings is 2. The third-order valence-corrected chi connectivity index (χ3v) is 4.35. The fourth-order valence-corrected chi connectivity index (χ4v) is 2.99. The molecule has 0 fully saturated rings. The lowest BCUT2D eigenvalue weighted by molar-refractivity contribution is 0.377. The number of nitrogens with zero attached hydrogens (tertiary/aromatic N) is 4. The van der Waals surface area contributed by atoms with Crippen LogP contribution < -0.4 is 10.3 Å².